The molecule has 1 heterocycles. The van der Waals surface area contributed by atoms with Crippen molar-refractivity contribution in [3.8, 4) is 11.5 Å². The summed E-state index contributed by atoms with van der Waals surface area (Å²) >= 11 is 1.38. The van der Waals surface area contributed by atoms with Crippen LogP contribution in [0, 0.1) is 6.92 Å². The molecule has 7 nitrogen and oxygen atoms in total. The van der Waals surface area contributed by atoms with E-state index in [0.717, 1.165) is 4.88 Å². The summed E-state index contributed by atoms with van der Waals surface area (Å²) in [5.74, 6) is -0.291. The number of ether oxygens (including phenoxy) is 2. The molecule has 36 heavy (non-hydrogen) atoms. The van der Waals surface area contributed by atoms with Crippen LogP contribution in [0.5, 0.6) is 11.5 Å². The number of hydrogen-bond donors (Lipinski definition) is 1. The third-order valence-corrected chi connectivity index (χ3v) is 11.4. The molecule has 3 aromatic rings. The summed E-state index contributed by atoms with van der Waals surface area (Å²) in [6.07, 6.45) is 1.41. The fraction of sp³-hybridized carbons (Fsp3) is 0.370. The number of nitrogens with zero attached hydrogens (tertiary/aromatic N) is 1. The van der Waals surface area contributed by atoms with E-state index in [-0.39, 0.29) is 28.4 Å². The van der Waals surface area contributed by atoms with Gasteiger partial charge < -0.3 is 13.9 Å². The van der Waals surface area contributed by atoms with Crippen LogP contribution in [0.2, 0.25) is 18.1 Å². The number of amides is 1. The quantitative estimate of drug-likeness (QED) is 0.189. The average Bonchev–Trinajstić information content (AvgIpc) is 3.21. The van der Waals surface area contributed by atoms with Gasteiger partial charge in [-0.2, -0.15) is 0 Å². The van der Waals surface area contributed by atoms with Crippen LogP contribution in [0.25, 0.3) is 0 Å². The van der Waals surface area contributed by atoms with E-state index in [4.69, 9.17) is 13.9 Å². The first-order valence-electron chi connectivity index (χ1n) is 11.8. The molecular weight excluding hydrogens is 492 g/mol. The van der Waals surface area contributed by atoms with E-state index in [0.29, 0.717) is 23.1 Å². The highest BCUT2D eigenvalue weighted by Crippen LogP contribution is 2.36. The van der Waals surface area contributed by atoms with Gasteiger partial charge >= 0.3 is 5.97 Å². The van der Waals surface area contributed by atoms with Crippen molar-refractivity contribution in [3.05, 3.63) is 70.7 Å². The van der Waals surface area contributed by atoms with Crippen LogP contribution >= 0.6 is 11.3 Å². The van der Waals surface area contributed by atoms with Crippen LogP contribution in [-0.2, 0) is 4.43 Å². The van der Waals surface area contributed by atoms with E-state index in [1.165, 1.54) is 17.4 Å². The molecule has 0 aliphatic heterocycles. The van der Waals surface area contributed by atoms with Gasteiger partial charge in [-0.1, -0.05) is 39.0 Å². The second-order valence-corrected chi connectivity index (χ2v) is 16.2. The Hall–Kier alpha value is -3.01. The van der Waals surface area contributed by atoms with Crippen LogP contribution in [0.1, 0.15) is 53.3 Å². The summed E-state index contributed by atoms with van der Waals surface area (Å²) in [7, 11) is -1.94. The number of carbonyl (C=O) groups excluding carboxylic acids is 2. The molecule has 0 saturated carbocycles. The minimum Gasteiger partial charge on any atom is -0.488 e. The molecule has 1 atom stereocenters. The predicted octanol–water partition coefficient (Wildman–Crippen LogP) is 6.71. The van der Waals surface area contributed by atoms with Gasteiger partial charge in [0.15, 0.2) is 13.4 Å². The highest BCUT2D eigenvalue weighted by atomic mass is 32.1. The number of benzene rings is 2. The standard InChI is InChI=1S/C27H34N2O5SSi/c1-18(17-32-36(6,7)27(3,4)5)33-22-13-21(24(30)29-26-28-16-19(2)35-26)14-23(15-22)34-25(31)20-11-9-8-10-12-20/h8-16,18H,17H2,1-7H3,(H,28,29,30)/t18-/m0/s1. The van der Waals surface area contributed by atoms with E-state index >= 15 is 0 Å². The summed E-state index contributed by atoms with van der Waals surface area (Å²) in [6.45, 7) is 15.2. The highest BCUT2D eigenvalue weighted by molar-refractivity contribution is 7.15. The lowest BCUT2D eigenvalue weighted by atomic mass is 10.2. The molecule has 0 spiro atoms. The van der Waals surface area contributed by atoms with Crippen molar-refractivity contribution in [2.24, 2.45) is 0 Å². The first-order chi connectivity index (χ1) is 16.8. The molecule has 0 bridgehead atoms. The predicted molar refractivity (Wildman–Crippen MR) is 146 cm³/mol. The van der Waals surface area contributed by atoms with Crippen LogP contribution in [0.15, 0.2) is 54.7 Å². The van der Waals surface area contributed by atoms with Crippen LogP contribution < -0.4 is 14.8 Å². The van der Waals surface area contributed by atoms with Crippen molar-refractivity contribution in [3.63, 3.8) is 0 Å². The molecule has 1 amide bonds. The minimum atomic E-state index is -1.94. The second-order valence-electron chi connectivity index (χ2n) is 10.2. The zero-order valence-electron chi connectivity index (χ0n) is 21.9. The maximum absolute atomic E-state index is 13.0. The van der Waals surface area contributed by atoms with Gasteiger partial charge in [0.05, 0.1) is 12.2 Å². The number of carbonyl (C=O) groups is 2. The van der Waals surface area contributed by atoms with E-state index in [1.807, 2.05) is 19.9 Å². The maximum Gasteiger partial charge on any atom is 0.343 e. The Bertz CT molecular complexity index is 1200. The molecule has 1 aromatic heterocycles. The van der Waals surface area contributed by atoms with Gasteiger partial charge in [0.25, 0.3) is 5.91 Å². The number of rotatable bonds is 9. The van der Waals surface area contributed by atoms with Crippen molar-refractivity contribution in [1.29, 1.82) is 0 Å². The number of hydrogen-bond acceptors (Lipinski definition) is 7. The van der Waals surface area contributed by atoms with E-state index < -0.39 is 14.3 Å². The monoisotopic (exact) mass is 526 g/mol. The lowest BCUT2D eigenvalue weighted by Crippen LogP contribution is -2.43. The Balaban J connectivity index is 1.81. The largest absolute Gasteiger partial charge is 0.488 e. The smallest absolute Gasteiger partial charge is 0.343 e. The molecule has 0 aliphatic carbocycles. The number of thiazole rings is 1. The van der Waals surface area contributed by atoms with Gasteiger partial charge in [-0.15, -0.1) is 11.3 Å². The van der Waals surface area contributed by atoms with Crippen molar-refractivity contribution < 1.29 is 23.5 Å². The van der Waals surface area contributed by atoms with Crippen molar-refractivity contribution in [2.75, 3.05) is 11.9 Å². The molecule has 9 heteroatoms. The first-order valence-corrected chi connectivity index (χ1v) is 15.5. The number of aryl methyl sites for hydroxylation is 1. The van der Waals surface area contributed by atoms with E-state index in [1.54, 1.807) is 42.6 Å². The number of anilines is 1. The van der Waals surface area contributed by atoms with Crippen molar-refractivity contribution in [1.82, 2.24) is 4.98 Å². The molecule has 0 aliphatic rings. The molecule has 0 radical (unpaired) electrons. The van der Waals surface area contributed by atoms with E-state index in [9.17, 15) is 9.59 Å². The number of nitrogens with one attached hydrogen (secondary N) is 1. The molecule has 1 N–H and O–H groups in total. The minimum absolute atomic E-state index is 0.0811. The second kappa shape index (κ2) is 11.4. The van der Waals surface area contributed by atoms with Gasteiger partial charge in [-0.3, -0.25) is 10.1 Å². The molecule has 3 rings (SSSR count). The van der Waals surface area contributed by atoms with Crippen LogP contribution in [0.4, 0.5) is 5.13 Å². The van der Waals surface area contributed by atoms with Gasteiger partial charge in [0.1, 0.15) is 17.6 Å². The zero-order chi connectivity index (χ0) is 26.5. The summed E-state index contributed by atoms with van der Waals surface area (Å²) in [6, 6.07) is 13.4. The van der Waals surface area contributed by atoms with Crippen LogP contribution in [-0.4, -0.2) is 37.9 Å². The Morgan fingerprint density at radius 1 is 1.06 bits per heavy atom. The molecule has 2 aromatic carbocycles. The fourth-order valence-corrected chi connectivity index (χ4v) is 4.70. The Labute approximate surface area is 218 Å². The molecule has 0 unspecified atom stereocenters. The van der Waals surface area contributed by atoms with Gasteiger partial charge in [0, 0.05) is 22.7 Å². The first kappa shape index (κ1) is 27.6. The number of esters is 1. The van der Waals surface area contributed by atoms with Crippen molar-refractivity contribution in [2.45, 2.75) is 58.9 Å². The third kappa shape index (κ3) is 7.49. The van der Waals surface area contributed by atoms with Gasteiger partial charge in [-0.25, -0.2) is 9.78 Å². The summed E-state index contributed by atoms with van der Waals surface area (Å²) in [4.78, 5) is 30.8. The molecular formula is C27H34N2O5SSi. The highest BCUT2D eigenvalue weighted by Gasteiger charge is 2.37. The van der Waals surface area contributed by atoms with Crippen molar-refractivity contribution >= 4 is 36.7 Å². The SMILES string of the molecule is Cc1cnc(NC(=O)c2cc(OC(=O)c3ccccc3)cc(O[C@@H](C)CO[Si](C)(C)C(C)(C)C)c2)s1. The Morgan fingerprint density at radius 3 is 2.33 bits per heavy atom. The van der Waals surface area contributed by atoms with E-state index in [2.05, 4.69) is 44.2 Å². The van der Waals surface area contributed by atoms with Gasteiger partial charge in [0.2, 0.25) is 0 Å². The normalized spacial score (nSPS) is 12.6. The number of aromatic nitrogens is 1. The Kier molecular flexibility index (Phi) is 8.70. The molecule has 0 saturated heterocycles. The molecule has 0 fully saturated rings. The summed E-state index contributed by atoms with van der Waals surface area (Å²) in [5.41, 5.74) is 0.693. The third-order valence-electron chi connectivity index (χ3n) is 6.03. The fourth-order valence-electron chi connectivity index (χ4n) is 2.96. The lowest BCUT2D eigenvalue weighted by Gasteiger charge is -2.36. The van der Waals surface area contributed by atoms with Crippen LogP contribution in [0.3, 0.4) is 0 Å². The summed E-state index contributed by atoms with van der Waals surface area (Å²) in [5, 5.41) is 3.36. The van der Waals surface area contributed by atoms with Gasteiger partial charge in [-0.05, 0) is 56.2 Å². The summed E-state index contributed by atoms with van der Waals surface area (Å²) < 4.78 is 18.0. The molecule has 192 valence electrons. The average molecular weight is 527 g/mol. The topological polar surface area (TPSA) is 86.8 Å². The zero-order valence-corrected chi connectivity index (χ0v) is 23.7. The maximum atomic E-state index is 13.0. The lowest BCUT2D eigenvalue weighted by molar-refractivity contribution is 0.0732. The Morgan fingerprint density at radius 2 is 1.72 bits per heavy atom.